The lowest BCUT2D eigenvalue weighted by molar-refractivity contribution is -0.139. The third-order valence-electron chi connectivity index (χ3n) is 5.90. The monoisotopic (exact) mass is 634 g/mol. The van der Waals surface area contributed by atoms with Gasteiger partial charge in [0.15, 0.2) is 23.0 Å². The molecule has 0 unspecified atom stereocenters. The third kappa shape index (κ3) is 9.13. The molecule has 0 aliphatic carbocycles. The highest BCUT2D eigenvalue weighted by Gasteiger charge is 2.27. The number of allylic oxidation sites excluding steroid dienone is 1. The van der Waals surface area contributed by atoms with Crippen LogP contribution in [-0.2, 0) is 36.2 Å². The topological polar surface area (TPSA) is 141 Å². The van der Waals surface area contributed by atoms with Gasteiger partial charge in [-0.2, -0.15) is 16.8 Å². The Morgan fingerprint density at radius 1 is 0.744 bits per heavy atom. The first-order valence-corrected chi connectivity index (χ1v) is 16.4. The van der Waals surface area contributed by atoms with Crippen LogP contribution in [0, 0.1) is 0 Å². The quantitative estimate of drug-likeness (QED) is 0.146. The van der Waals surface area contributed by atoms with Crippen LogP contribution in [0.15, 0.2) is 60.2 Å². The van der Waals surface area contributed by atoms with E-state index in [1.165, 1.54) is 33.5 Å². The van der Waals surface area contributed by atoms with Crippen LogP contribution in [0.5, 0.6) is 28.7 Å². The molecule has 232 valence electrons. The summed E-state index contributed by atoms with van der Waals surface area (Å²) in [6.45, 7) is 3.95. The van der Waals surface area contributed by atoms with Crippen molar-refractivity contribution in [3.8, 4) is 51.0 Å². The molecule has 0 aliphatic heterocycles. The number of carbonyl (C=O) groups excluding carboxylic acids is 1. The standard InChI is InChI=1S/C30H34O11S2/c1-19(2)14-15-39-24-13-12-22(17-25(24)40-42(6,32)33)28-26(36-3)18-23(29(38-5)30(28)41-43(7,34)35)21-10-8-20(9-11-21)16-27(31)37-4/h8-14,17-18H,15-16H2,1-7H3. The Balaban J connectivity index is 2.28. The van der Waals surface area contributed by atoms with Crippen LogP contribution in [0.4, 0.5) is 0 Å². The van der Waals surface area contributed by atoms with Crippen LogP contribution in [0.25, 0.3) is 22.3 Å². The number of carbonyl (C=O) groups is 1. The zero-order valence-corrected chi connectivity index (χ0v) is 26.6. The molecule has 0 saturated heterocycles. The van der Waals surface area contributed by atoms with E-state index in [0.29, 0.717) is 22.3 Å². The first kappa shape index (κ1) is 33.3. The van der Waals surface area contributed by atoms with Crippen LogP contribution < -0.4 is 22.6 Å². The second-order valence-electron chi connectivity index (χ2n) is 9.64. The maximum atomic E-state index is 12.5. The van der Waals surface area contributed by atoms with Gasteiger partial charge in [0.2, 0.25) is 0 Å². The summed E-state index contributed by atoms with van der Waals surface area (Å²) in [6, 6.07) is 13.0. The number of hydrogen-bond acceptors (Lipinski definition) is 11. The molecule has 0 fully saturated rings. The van der Waals surface area contributed by atoms with E-state index in [4.69, 9.17) is 27.3 Å². The zero-order chi connectivity index (χ0) is 31.9. The molecule has 11 nitrogen and oxygen atoms in total. The van der Waals surface area contributed by atoms with Crippen LogP contribution in [0.3, 0.4) is 0 Å². The van der Waals surface area contributed by atoms with Crippen molar-refractivity contribution >= 4 is 26.2 Å². The van der Waals surface area contributed by atoms with Crippen LogP contribution in [0.2, 0.25) is 0 Å². The fourth-order valence-electron chi connectivity index (χ4n) is 4.05. The van der Waals surface area contributed by atoms with Gasteiger partial charge in [0.25, 0.3) is 0 Å². The lowest BCUT2D eigenvalue weighted by atomic mass is 9.95. The number of hydrogen-bond donors (Lipinski definition) is 0. The molecular weight excluding hydrogens is 600 g/mol. The highest BCUT2D eigenvalue weighted by Crippen LogP contribution is 2.51. The summed E-state index contributed by atoms with van der Waals surface area (Å²) in [6.07, 6.45) is 3.66. The van der Waals surface area contributed by atoms with E-state index in [1.54, 1.807) is 36.4 Å². The van der Waals surface area contributed by atoms with Crippen LogP contribution in [-0.4, -0.2) is 63.3 Å². The molecule has 0 radical (unpaired) electrons. The SMILES string of the molecule is COC(=O)Cc1ccc(-c2cc(OC)c(-c3ccc(OCC=C(C)C)c(OS(C)(=O)=O)c3)c(OS(C)(=O)=O)c2OC)cc1. The molecule has 0 heterocycles. The molecule has 13 heteroatoms. The second kappa shape index (κ2) is 13.8. The van der Waals surface area contributed by atoms with Crippen molar-refractivity contribution in [2.24, 2.45) is 0 Å². The number of methoxy groups -OCH3 is 3. The summed E-state index contributed by atoms with van der Waals surface area (Å²) in [5.41, 5.74) is 3.20. The first-order valence-electron chi connectivity index (χ1n) is 12.8. The van der Waals surface area contributed by atoms with Gasteiger partial charge >= 0.3 is 26.2 Å². The average molecular weight is 635 g/mol. The third-order valence-corrected chi connectivity index (χ3v) is 6.86. The van der Waals surface area contributed by atoms with Crippen molar-refractivity contribution in [2.75, 3.05) is 40.4 Å². The summed E-state index contributed by atoms with van der Waals surface area (Å²) in [7, 11) is -4.02. The molecule has 0 N–H and O–H groups in total. The van der Waals surface area contributed by atoms with E-state index < -0.39 is 26.2 Å². The van der Waals surface area contributed by atoms with Gasteiger partial charge in [0.1, 0.15) is 12.4 Å². The summed E-state index contributed by atoms with van der Waals surface area (Å²) in [5, 5.41) is 0. The summed E-state index contributed by atoms with van der Waals surface area (Å²) in [5.74, 6) is -0.312. The Labute approximate surface area is 252 Å². The molecule has 0 amide bonds. The number of benzene rings is 3. The van der Waals surface area contributed by atoms with Gasteiger partial charge in [-0.15, -0.1) is 0 Å². The van der Waals surface area contributed by atoms with Crippen molar-refractivity contribution < 1.29 is 48.9 Å². The van der Waals surface area contributed by atoms with Gasteiger partial charge in [-0.05, 0) is 54.8 Å². The molecule has 3 rings (SSSR count). The van der Waals surface area contributed by atoms with E-state index in [1.807, 2.05) is 19.9 Å². The fraction of sp³-hybridized carbons (Fsp3) is 0.300. The highest BCUT2D eigenvalue weighted by atomic mass is 32.2. The van der Waals surface area contributed by atoms with Crippen LogP contribution >= 0.6 is 0 Å². The molecule has 43 heavy (non-hydrogen) atoms. The van der Waals surface area contributed by atoms with Gasteiger partial charge in [-0.3, -0.25) is 4.79 Å². The summed E-state index contributed by atoms with van der Waals surface area (Å²) >= 11 is 0. The highest BCUT2D eigenvalue weighted by molar-refractivity contribution is 7.86. The average Bonchev–Trinajstić information content (AvgIpc) is 2.91. The Bertz CT molecular complexity index is 1720. The smallest absolute Gasteiger partial charge is 0.309 e. The van der Waals surface area contributed by atoms with Crippen molar-refractivity contribution in [1.29, 1.82) is 0 Å². The molecular formula is C30H34O11S2. The predicted molar refractivity (Wildman–Crippen MR) is 162 cm³/mol. The van der Waals surface area contributed by atoms with Gasteiger partial charge < -0.3 is 27.3 Å². The lowest BCUT2D eigenvalue weighted by Gasteiger charge is -2.21. The van der Waals surface area contributed by atoms with E-state index in [2.05, 4.69) is 0 Å². The lowest BCUT2D eigenvalue weighted by Crippen LogP contribution is -2.10. The number of esters is 1. The Kier molecular flexibility index (Phi) is 10.7. The predicted octanol–water partition coefficient (Wildman–Crippen LogP) is 4.78. The van der Waals surface area contributed by atoms with Crippen molar-refractivity contribution in [3.63, 3.8) is 0 Å². The molecule has 0 atom stereocenters. The van der Waals surface area contributed by atoms with Crippen molar-refractivity contribution in [1.82, 2.24) is 0 Å². The Hall–Kier alpha value is -4.23. The normalized spacial score (nSPS) is 11.3. The minimum absolute atomic E-state index is 0.0661. The van der Waals surface area contributed by atoms with E-state index in [-0.39, 0.29) is 47.3 Å². The number of rotatable bonds is 13. The summed E-state index contributed by atoms with van der Waals surface area (Å²) < 4.78 is 81.7. The summed E-state index contributed by atoms with van der Waals surface area (Å²) in [4.78, 5) is 11.7. The zero-order valence-electron chi connectivity index (χ0n) is 24.9. The molecule has 0 spiro atoms. The van der Waals surface area contributed by atoms with Crippen LogP contribution in [0.1, 0.15) is 19.4 Å². The van der Waals surface area contributed by atoms with Crippen molar-refractivity contribution in [3.05, 3.63) is 65.7 Å². The Morgan fingerprint density at radius 3 is 1.91 bits per heavy atom. The van der Waals surface area contributed by atoms with Gasteiger partial charge in [0, 0.05) is 5.56 Å². The molecule has 0 saturated carbocycles. The fourth-order valence-corrected chi connectivity index (χ4v) is 4.97. The van der Waals surface area contributed by atoms with Crippen molar-refractivity contribution in [2.45, 2.75) is 20.3 Å². The van der Waals surface area contributed by atoms with Gasteiger partial charge in [-0.25, -0.2) is 0 Å². The van der Waals surface area contributed by atoms with Gasteiger partial charge in [-0.1, -0.05) is 35.9 Å². The van der Waals surface area contributed by atoms with E-state index in [9.17, 15) is 21.6 Å². The van der Waals surface area contributed by atoms with Gasteiger partial charge in [0.05, 0.1) is 45.8 Å². The molecule has 0 aliphatic rings. The minimum atomic E-state index is -4.10. The maximum Gasteiger partial charge on any atom is 0.309 e. The largest absolute Gasteiger partial charge is 0.496 e. The molecule has 3 aromatic rings. The van der Waals surface area contributed by atoms with E-state index >= 15 is 0 Å². The Morgan fingerprint density at radius 2 is 1.37 bits per heavy atom. The van der Waals surface area contributed by atoms with E-state index in [0.717, 1.165) is 18.1 Å². The first-order chi connectivity index (χ1) is 20.2. The molecule has 3 aromatic carbocycles. The number of ether oxygens (including phenoxy) is 4. The molecule has 0 aromatic heterocycles. The molecule has 0 bridgehead atoms. The second-order valence-corrected chi connectivity index (χ2v) is 12.8. The minimum Gasteiger partial charge on any atom is -0.496 e. The maximum absolute atomic E-state index is 12.5.